The van der Waals surface area contributed by atoms with Crippen LogP contribution in [0.5, 0.6) is 11.5 Å². The molecule has 1 saturated heterocycles. The maximum atomic E-state index is 15.4. The van der Waals surface area contributed by atoms with Gasteiger partial charge < -0.3 is 28.9 Å². The van der Waals surface area contributed by atoms with Crippen molar-refractivity contribution in [1.29, 1.82) is 0 Å². The van der Waals surface area contributed by atoms with E-state index < -0.39 is 74.2 Å². The first kappa shape index (κ1) is 30.9. The third kappa shape index (κ3) is 7.30. The second-order valence-electron chi connectivity index (χ2n) is 8.85. The lowest BCUT2D eigenvalue weighted by atomic mass is 9.98. The zero-order valence-corrected chi connectivity index (χ0v) is 22.9. The number of para-hydroxylation sites is 2. The number of carbonyl (C=O) groups is 2. The van der Waals surface area contributed by atoms with E-state index in [0.717, 1.165) is 23.8 Å². The number of benzene rings is 1. The number of carbonyl (C=O) groups excluding carboxylic acids is 2. The van der Waals surface area contributed by atoms with Crippen LogP contribution < -0.4 is 25.4 Å². The number of halogens is 1. The van der Waals surface area contributed by atoms with E-state index in [2.05, 4.69) is 4.74 Å². The quantitative estimate of drug-likeness (QED) is 0.279. The average molecular weight is 585 g/mol. The second-order valence-corrected chi connectivity index (χ2v) is 9.74. The highest BCUT2D eigenvalue weighted by Crippen LogP contribution is 2.41. The molecular weight excluding hydrogens is 556 g/mol. The summed E-state index contributed by atoms with van der Waals surface area (Å²) >= 11 is 0. The highest BCUT2D eigenvalue weighted by molar-refractivity contribution is 7.34. The zero-order valence-electron chi connectivity index (χ0n) is 22.0. The van der Waals surface area contributed by atoms with Crippen LogP contribution in [0.2, 0.25) is 0 Å². The Morgan fingerprint density at radius 2 is 1.93 bits per heavy atom. The van der Waals surface area contributed by atoms with E-state index in [0.29, 0.717) is 0 Å². The summed E-state index contributed by atoms with van der Waals surface area (Å²) in [6.45, 7) is 4.97. The summed E-state index contributed by atoms with van der Waals surface area (Å²) in [5.41, 5.74) is -4.03. The van der Waals surface area contributed by atoms with Gasteiger partial charge in [0, 0.05) is 12.3 Å². The van der Waals surface area contributed by atoms with E-state index in [9.17, 15) is 29.2 Å². The third-order valence-corrected chi connectivity index (χ3v) is 6.66. The van der Waals surface area contributed by atoms with Gasteiger partial charge in [-0.15, -0.1) is 0 Å². The summed E-state index contributed by atoms with van der Waals surface area (Å²) in [7, 11) is -2.81. The van der Waals surface area contributed by atoms with Gasteiger partial charge in [0.25, 0.3) is 5.56 Å². The minimum atomic E-state index is -2.81. The van der Waals surface area contributed by atoms with Gasteiger partial charge in [-0.2, -0.15) is 0 Å². The predicted octanol–water partition coefficient (Wildman–Crippen LogP) is 0.720. The van der Waals surface area contributed by atoms with Crippen LogP contribution in [0.15, 0.2) is 50.9 Å². The number of hydrogen-bond donors (Lipinski definition) is 2. The molecule has 7 atom stereocenters. The monoisotopic (exact) mass is 585 g/mol. The van der Waals surface area contributed by atoms with E-state index in [-0.39, 0.29) is 18.1 Å². The molecule has 40 heavy (non-hydrogen) atoms. The van der Waals surface area contributed by atoms with Crippen molar-refractivity contribution in [3.8, 4) is 11.5 Å². The molecule has 3 rings (SSSR count). The molecule has 0 amide bonds. The van der Waals surface area contributed by atoms with Crippen molar-refractivity contribution < 1.29 is 47.5 Å². The van der Waals surface area contributed by atoms with E-state index in [4.69, 9.17) is 23.5 Å². The Kier molecular flexibility index (Phi) is 10.1. The van der Waals surface area contributed by atoms with E-state index in [1.807, 2.05) is 4.98 Å². The third-order valence-electron chi connectivity index (χ3n) is 5.77. The van der Waals surface area contributed by atoms with Gasteiger partial charge in [0.2, 0.25) is 5.75 Å². The zero-order chi connectivity index (χ0) is 29.6. The van der Waals surface area contributed by atoms with Crippen LogP contribution in [0.4, 0.5) is 4.39 Å². The molecule has 2 aromatic rings. The first-order valence-corrected chi connectivity index (χ1v) is 13.3. The molecule has 1 aliphatic rings. The Balaban J connectivity index is 1.66. The van der Waals surface area contributed by atoms with Gasteiger partial charge in [0.15, 0.2) is 29.8 Å². The number of nitrogens with one attached hydrogen (secondary N) is 1. The standard InChI is InChI=1S/C24H29FN3O11P/c1-5-35-21(32)14(3)37-20(31)13(2)27-40(34)39-16-9-7-6-8-15(16)36-12-17-19(30)24(4,25)22(38-17)28-11-10-18(29)26-23(28)33/h6-11,13-14,17,19,22,30H,5,12H2,1-4H3,(H,26,29,33)/t13-,14-,17+,19+,22+,24+/m0/s1. The number of aliphatic hydroxyl groups excluding tert-OH is 1. The molecule has 2 heterocycles. The molecule has 16 heteroatoms. The molecule has 0 radical (unpaired) electrons. The van der Waals surface area contributed by atoms with Crippen molar-refractivity contribution in [3.63, 3.8) is 0 Å². The van der Waals surface area contributed by atoms with Gasteiger partial charge in [-0.05, 0) is 39.8 Å². The van der Waals surface area contributed by atoms with Crippen molar-refractivity contribution in [3.05, 3.63) is 57.4 Å². The van der Waals surface area contributed by atoms with Crippen molar-refractivity contribution in [1.82, 2.24) is 9.55 Å². The fraction of sp³-hybridized carbons (Fsp3) is 0.500. The molecule has 14 nitrogen and oxygen atoms in total. The van der Waals surface area contributed by atoms with Crippen molar-refractivity contribution in [2.75, 3.05) is 13.2 Å². The van der Waals surface area contributed by atoms with Gasteiger partial charge in [0.05, 0.1) is 6.61 Å². The first-order chi connectivity index (χ1) is 18.8. The van der Waals surface area contributed by atoms with Crippen LogP contribution in [0, 0.1) is 0 Å². The topological polar surface area (TPSA) is 191 Å². The van der Waals surface area contributed by atoms with Gasteiger partial charge in [0.1, 0.15) is 18.8 Å². The van der Waals surface area contributed by atoms with Crippen LogP contribution in [0.3, 0.4) is 0 Å². The number of aromatic nitrogens is 2. The average Bonchev–Trinajstić information content (AvgIpc) is 3.11. The lowest BCUT2D eigenvalue weighted by molar-refractivity contribution is -0.171. The summed E-state index contributed by atoms with van der Waals surface area (Å²) < 4.78 is 46.2. The van der Waals surface area contributed by atoms with Crippen molar-refractivity contribution >= 4 is 20.1 Å². The number of hydrogen-bond acceptors (Lipinski definition) is 12. The Hall–Kier alpha value is -3.65. The highest BCUT2D eigenvalue weighted by atomic mass is 31.1. The van der Waals surface area contributed by atoms with Gasteiger partial charge in [-0.25, -0.2) is 18.8 Å². The minimum absolute atomic E-state index is 0.0354. The fourth-order valence-corrected chi connectivity index (χ4v) is 4.40. The lowest BCUT2D eigenvalue weighted by Crippen LogP contribution is -2.43. The second kappa shape index (κ2) is 13.1. The molecule has 0 spiro atoms. The van der Waals surface area contributed by atoms with Gasteiger partial charge >= 0.3 is 25.8 Å². The van der Waals surface area contributed by atoms with Crippen LogP contribution >= 0.6 is 8.17 Å². The van der Waals surface area contributed by atoms with E-state index in [1.54, 1.807) is 19.1 Å². The van der Waals surface area contributed by atoms with Crippen molar-refractivity contribution in [2.45, 2.75) is 63.9 Å². The largest absolute Gasteiger partial charge is 0.575 e. The molecular formula is C24H29FN3O11P. The summed E-state index contributed by atoms with van der Waals surface area (Å²) in [5, 5.41) is 10.5. The van der Waals surface area contributed by atoms with Crippen LogP contribution in [0.1, 0.15) is 33.9 Å². The summed E-state index contributed by atoms with van der Waals surface area (Å²) in [6, 6.07) is 5.72. The summed E-state index contributed by atoms with van der Waals surface area (Å²) in [6.07, 6.45) is -4.66. The number of H-pyrrole nitrogens is 1. The van der Waals surface area contributed by atoms with Crippen LogP contribution in [0.25, 0.3) is 0 Å². The number of rotatable bonds is 11. The molecule has 0 saturated carbocycles. The summed E-state index contributed by atoms with van der Waals surface area (Å²) in [5.74, 6) is -1.67. The molecule has 1 fully saturated rings. The lowest BCUT2D eigenvalue weighted by Gasteiger charge is -2.24. The summed E-state index contributed by atoms with van der Waals surface area (Å²) in [4.78, 5) is 61.8. The molecule has 1 aromatic carbocycles. The molecule has 1 aliphatic heterocycles. The number of aromatic amines is 1. The molecule has 218 valence electrons. The predicted molar refractivity (Wildman–Crippen MR) is 134 cm³/mol. The Morgan fingerprint density at radius 1 is 1.25 bits per heavy atom. The Morgan fingerprint density at radius 3 is 2.58 bits per heavy atom. The van der Waals surface area contributed by atoms with E-state index >= 15 is 4.39 Å². The first-order valence-electron chi connectivity index (χ1n) is 12.1. The molecule has 1 aromatic heterocycles. The maximum absolute atomic E-state index is 15.4. The SMILES string of the molecule is CCOC(=O)[C@H](C)OC(=O)[C@H](C)N=[P+]([O-])Oc1ccccc1OC[C@H]1O[C@@H](n2ccc(=O)[nH]c2=O)[C@](C)(F)[C@@H]1O. The van der Waals surface area contributed by atoms with Gasteiger partial charge in [-0.3, -0.25) is 18.9 Å². The smallest absolute Gasteiger partial charge is 0.395 e. The number of alkyl halides is 1. The molecule has 0 aliphatic carbocycles. The van der Waals surface area contributed by atoms with Gasteiger partial charge in [-0.1, -0.05) is 16.9 Å². The van der Waals surface area contributed by atoms with Crippen LogP contribution in [-0.2, 0) is 23.8 Å². The van der Waals surface area contributed by atoms with Crippen LogP contribution in [-0.4, -0.2) is 69.8 Å². The van der Waals surface area contributed by atoms with E-state index in [1.165, 1.54) is 26.0 Å². The number of ether oxygens (including phenoxy) is 4. The fourth-order valence-electron chi connectivity index (χ4n) is 3.66. The number of esters is 2. The molecule has 0 bridgehead atoms. The highest BCUT2D eigenvalue weighted by Gasteiger charge is 2.55. The van der Waals surface area contributed by atoms with Crippen molar-refractivity contribution in [2.24, 2.45) is 4.74 Å². The maximum Gasteiger partial charge on any atom is 0.395 e. The Labute approximate surface area is 228 Å². The minimum Gasteiger partial charge on any atom is -0.575 e. The molecule has 1 unspecified atom stereocenters. The Bertz CT molecular complexity index is 1360. The number of aliphatic hydroxyl groups is 1. The normalized spacial score (nSPS) is 24.2. The number of nitrogens with zero attached hydrogens (tertiary/aromatic N) is 2. The molecule has 2 N–H and O–H groups in total.